The molecule has 0 spiro atoms. The van der Waals surface area contributed by atoms with E-state index in [1.165, 1.54) is 0 Å². The van der Waals surface area contributed by atoms with Gasteiger partial charge in [-0.15, -0.1) is 0 Å². The number of ketones is 1. The number of benzene rings is 1. The Morgan fingerprint density at radius 2 is 2.16 bits per heavy atom. The van der Waals surface area contributed by atoms with Crippen LogP contribution < -0.4 is 4.74 Å². The lowest BCUT2D eigenvalue weighted by molar-refractivity contribution is -0.141. The van der Waals surface area contributed by atoms with Crippen LogP contribution >= 0.6 is 0 Å². The van der Waals surface area contributed by atoms with Crippen LogP contribution in [0.3, 0.4) is 0 Å². The molecule has 0 radical (unpaired) electrons. The summed E-state index contributed by atoms with van der Waals surface area (Å²) in [6.45, 7) is 2.05. The number of Topliss-reactive ketones (excluding diaryl/α,β-unsaturated/α-hetero) is 1. The van der Waals surface area contributed by atoms with E-state index in [0.29, 0.717) is 11.3 Å². The molecule has 1 aliphatic rings. The first kappa shape index (κ1) is 13.3. The van der Waals surface area contributed by atoms with Crippen molar-refractivity contribution in [1.82, 2.24) is 4.90 Å². The number of hydrogen-bond donors (Lipinski definition) is 0. The first-order valence-electron chi connectivity index (χ1n) is 5.84. The Balaban J connectivity index is 2.13. The summed E-state index contributed by atoms with van der Waals surface area (Å²) >= 11 is 0. The maximum absolute atomic E-state index is 12.0. The van der Waals surface area contributed by atoms with Crippen LogP contribution in [-0.4, -0.2) is 37.5 Å². The van der Waals surface area contributed by atoms with E-state index in [0.717, 1.165) is 11.6 Å². The number of hydrogen-bond acceptors (Lipinski definition) is 5. The first-order chi connectivity index (χ1) is 8.97. The molecule has 1 aliphatic heterocycles. The van der Waals surface area contributed by atoms with Gasteiger partial charge in [0.15, 0.2) is 5.76 Å². The van der Waals surface area contributed by atoms with Crippen molar-refractivity contribution in [2.45, 2.75) is 6.92 Å². The molecule has 0 bridgehead atoms. The van der Waals surface area contributed by atoms with Crippen LogP contribution in [0.1, 0.15) is 15.9 Å². The lowest BCUT2D eigenvalue weighted by Crippen LogP contribution is -2.19. The number of ether oxygens (including phenoxy) is 2. The number of rotatable bonds is 3. The summed E-state index contributed by atoms with van der Waals surface area (Å²) in [7, 11) is 3.55. The van der Waals surface area contributed by atoms with Crippen LogP contribution in [0, 0.1) is 6.92 Å². The lowest BCUT2D eigenvalue weighted by Gasteiger charge is -2.08. The van der Waals surface area contributed by atoms with Gasteiger partial charge in [0, 0.05) is 0 Å². The summed E-state index contributed by atoms with van der Waals surface area (Å²) in [5.41, 5.74) is 1.44. The zero-order valence-corrected chi connectivity index (χ0v) is 11.1. The molecule has 0 aromatic heterocycles. The molecule has 100 valence electrons. The Hall–Kier alpha value is -2.14. The number of esters is 1. The van der Waals surface area contributed by atoms with Gasteiger partial charge in [0.2, 0.25) is 5.78 Å². The van der Waals surface area contributed by atoms with E-state index in [9.17, 15) is 9.59 Å². The molecule has 0 fully saturated rings. The summed E-state index contributed by atoms with van der Waals surface area (Å²) in [5.74, 6) is -0.409. The Kier molecular flexibility index (Phi) is 3.66. The highest BCUT2D eigenvalue weighted by Gasteiger charge is 2.28. The van der Waals surface area contributed by atoms with Crippen LogP contribution in [-0.2, 0) is 9.53 Å². The van der Waals surface area contributed by atoms with Gasteiger partial charge in [0.25, 0.3) is 0 Å². The molecule has 1 aromatic rings. The highest BCUT2D eigenvalue weighted by molar-refractivity contribution is 6.14. The summed E-state index contributed by atoms with van der Waals surface area (Å²) < 4.78 is 10.3. The molecule has 0 saturated heterocycles. The van der Waals surface area contributed by atoms with Gasteiger partial charge in [0.05, 0.1) is 11.6 Å². The molecule has 0 atom stereocenters. The third-order valence-electron chi connectivity index (χ3n) is 2.54. The number of allylic oxidation sites excluding steroid dienone is 1. The fourth-order valence-corrected chi connectivity index (χ4v) is 1.64. The van der Waals surface area contributed by atoms with Gasteiger partial charge < -0.3 is 9.47 Å². The monoisotopic (exact) mass is 261 g/mol. The number of nitrogens with zero attached hydrogens (tertiary/aromatic N) is 1. The van der Waals surface area contributed by atoms with Gasteiger partial charge in [-0.25, -0.2) is 4.79 Å². The molecule has 5 nitrogen and oxygen atoms in total. The van der Waals surface area contributed by atoms with E-state index in [1.807, 2.05) is 13.0 Å². The van der Waals surface area contributed by atoms with E-state index in [1.54, 1.807) is 31.1 Å². The van der Waals surface area contributed by atoms with Gasteiger partial charge in [-0.05, 0) is 33.2 Å². The van der Waals surface area contributed by atoms with Crippen LogP contribution in [0.2, 0.25) is 0 Å². The van der Waals surface area contributed by atoms with Crippen LogP contribution in [0.4, 0.5) is 0 Å². The van der Waals surface area contributed by atoms with E-state index in [4.69, 9.17) is 9.47 Å². The zero-order valence-electron chi connectivity index (χ0n) is 11.1. The average Bonchev–Trinajstić information content (AvgIpc) is 2.64. The second-order valence-electron chi connectivity index (χ2n) is 4.61. The topological polar surface area (TPSA) is 55.8 Å². The van der Waals surface area contributed by atoms with Crippen molar-refractivity contribution in [2.24, 2.45) is 0 Å². The van der Waals surface area contributed by atoms with Crippen LogP contribution in [0.5, 0.6) is 5.75 Å². The smallest absolute Gasteiger partial charge is 0.335 e. The number of carbonyl (C=O) groups is 2. The third-order valence-corrected chi connectivity index (χ3v) is 2.54. The molecule has 0 N–H and O–H groups in total. The summed E-state index contributed by atoms with van der Waals surface area (Å²) in [5, 5.41) is 0. The molecule has 19 heavy (non-hydrogen) atoms. The van der Waals surface area contributed by atoms with Gasteiger partial charge in [-0.2, -0.15) is 0 Å². The Morgan fingerprint density at radius 1 is 1.42 bits per heavy atom. The first-order valence-corrected chi connectivity index (χ1v) is 5.84. The van der Waals surface area contributed by atoms with Crippen molar-refractivity contribution in [1.29, 1.82) is 0 Å². The lowest BCUT2D eigenvalue weighted by atomic mass is 10.1. The maximum atomic E-state index is 12.0. The predicted molar refractivity (Wildman–Crippen MR) is 68.9 cm³/mol. The number of aryl methyl sites for hydroxylation is 1. The zero-order chi connectivity index (χ0) is 14.0. The van der Waals surface area contributed by atoms with Gasteiger partial charge >= 0.3 is 5.97 Å². The molecule has 0 amide bonds. The molecular weight excluding hydrogens is 246 g/mol. The molecule has 2 rings (SSSR count). The Morgan fingerprint density at radius 3 is 2.84 bits per heavy atom. The van der Waals surface area contributed by atoms with Crippen molar-refractivity contribution < 1.29 is 19.1 Å². The van der Waals surface area contributed by atoms with E-state index in [-0.39, 0.29) is 18.3 Å². The number of fused-ring (bicyclic) bond motifs is 1. The molecule has 0 aliphatic carbocycles. The van der Waals surface area contributed by atoms with E-state index in [2.05, 4.69) is 0 Å². The highest BCUT2D eigenvalue weighted by Crippen LogP contribution is 2.31. The average molecular weight is 261 g/mol. The van der Waals surface area contributed by atoms with Crippen LogP contribution in [0.25, 0.3) is 0 Å². The van der Waals surface area contributed by atoms with Gasteiger partial charge in [-0.1, -0.05) is 11.6 Å². The fraction of sp³-hybridized carbons (Fsp3) is 0.286. The molecule has 1 aromatic carbocycles. The van der Waals surface area contributed by atoms with Crippen molar-refractivity contribution in [3.05, 3.63) is 41.2 Å². The molecule has 0 saturated carbocycles. The van der Waals surface area contributed by atoms with Crippen molar-refractivity contribution >= 4 is 11.8 Å². The minimum atomic E-state index is -0.596. The molecule has 1 heterocycles. The van der Waals surface area contributed by atoms with Gasteiger partial charge in [0.1, 0.15) is 12.5 Å². The Labute approximate surface area is 111 Å². The highest BCUT2D eigenvalue weighted by atomic mass is 16.5. The normalized spacial score (nSPS) is 15.6. The SMILES string of the molecule is Cc1ccc2c(c1)C(=O)C(=CC(=O)OCN(C)C)O2. The second-order valence-corrected chi connectivity index (χ2v) is 4.61. The van der Waals surface area contributed by atoms with Crippen LogP contribution in [0.15, 0.2) is 30.0 Å². The summed E-state index contributed by atoms with van der Waals surface area (Å²) in [4.78, 5) is 25.2. The predicted octanol–water partition coefficient (Wildman–Crippen LogP) is 1.52. The quantitative estimate of drug-likeness (QED) is 0.469. The summed E-state index contributed by atoms with van der Waals surface area (Å²) in [6.07, 6.45) is 1.08. The van der Waals surface area contributed by atoms with Crippen molar-refractivity contribution in [3.8, 4) is 5.75 Å². The minimum Gasteiger partial charge on any atom is -0.452 e. The van der Waals surface area contributed by atoms with Crippen molar-refractivity contribution in [3.63, 3.8) is 0 Å². The van der Waals surface area contributed by atoms with Crippen molar-refractivity contribution in [2.75, 3.05) is 20.8 Å². The summed E-state index contributed by atoms with van der Waals surface area (Å²) in [6, 6.07) is 5.30. The fourth-order valence-electron chi connectivity index (χ4n) is 1.64. The largest absolute Gasteiger partial charge is 0.452 e. The number of carbonyl (C=O) groups excluding carboxylic acids is 2. The molecular formula is C14H15NO4. The molecule has 5 heteroatoms. The van der Waals surface area contributed by atoms with E-state index >= 15 is 0 Å². The van der Waals surface area contributed by atoms with Gasteiger partial charge in [-0.3, -0.25) is 9.69 Å². The second kappa shape index (κ2) is 5.24. The minimum absolute atomic E-state index is 0.00403. The Bertz CT molecular complexity index is 561. The maximum Gasteiger partial charge on any atom is 0.335 e. The standard InChI is InChI=1S/C14H15NO4/c1-9-4-5-11-10(6-9)14(17)12(19-11)7-13(16)18-8-15(2)3/h4-7H,8H2,1-3H3. The van der Waals surface area contributed by atoms with E-state index < -0.39 is 5.97 Å². The molecule has 0 unspecified atom stereocenters. The third kappa shape index (κ3) is 3.00.